The first-order valence-corrected chi connectivity index (χ1v) is 9.88. The van der Waals surface area contributed by atoms with E-state index < -0.39 is 10.0 Å². The molecule has 1 saturated heterocycles. The molecule has 26 heavy (non-hydrogen) atoms. The normalized spacial score (nSPS) is 16.2. The number of ether oxygens (including phenoxy) is 2. The van der Waals surface area contributed by atoms with Crippen LogP contribution in [-0.2, 0) is 19.6 Å². The number of anilines is 1. The molecule has 0 saturated carbocycles. The van der Waals surface area contributed by atoms with Crippen molar-refractivity contribution in [2.75, 3.05) is 38.2 Å². The van der Waals surface area contributed by atoms with Crippen LogP contribution >= 0.6 is 0 Å². The van der Waals surface area contributed by atoms with Crippen molar-refractivity contribution in [3.05, 3.63) is 42.5 Å². The second-order valence-electron chi connectivity index (χ2n) is 5.48. The molecule has 0 aliphatic carbocycles. The number of morpholine rings is 1. The maximum atomic E-state index is 12.8. The first-order valence-electron chi connectivity index (χ1n) is 8.44. The first-order chi connectivity index (χ1) is 12.5. The Morgan fingerprint density at radius 3 is 2.69 bits per heavy atom. The van der Waals surface area contributed by atoms with E-state index in [1.54, 1.807) is 24.3 Å². The van der Waals surface area contributed by atoms with Crippen LogP contribution in [0.1, 0.15) is 13.8 Å². The van der Waals surface area contributed by atoms with Crippen LogP contribution in [0.4, 0.5) is 5.69 Å². The van der Waals surface area contributed by atoms with E-state index in [0.717, 1.165) is 0 Å². The fraction of sp³-hybridized carbons (Fsp3) is 0.389. The number of amides is 1. The highest BCUT2D eigenvalue weighted by Gasteiger charge is 2.27. The Morgan fingerprint density at radius 1 is 1.31 bits per heavy atom. The molecular formula is C18H24N2O5S. The van der Waals surface area contributed by atoms with Crippen LogP contribution in [0.25, 0.3) is 0 Å². The van der Waals surface area contributed by atoms with Crippen molar-refractivity contribution in [3.63, 3.8) is 0 Å². The maximum Gasteiger partial charge on any atom is 0.248 e. The second-order valence-corrected chi connectivity index (χ2v) is 7.42. The van der Waals surface area contributed by atoms with Gasteiger partial charge in [0.1, 0.15) is 5.75 Å². The van der Waals surface area contributed by atoms with Gasteiger partial charge in [0.15, 0.2) is 0 Å². The molecule has 1 N–H and O–H groups in total. The summed E-state index contributed by atoms with van der Waals surface area (Å²) in [6, 6.07) is 4.47. The van der Waals surface area contributed by atoms with Gasteiger partial charge in [-0.15, -0.1) is 0 Å². The average molecular weight is 380 g/mol. The molecular weight excluding hydrogens is 356 g/mol. The molecule has 1 aliphatic heterocycles. The lowest BCUT2D eigenvalue weighted by Gasteiger charge is -2.26. The SMILES string of the molecule is C/C=C/C=C\C(=O)Nc1cc(S(=O)(=O)N2CCOCC2)ccc1OCC. The van der Waals surface area contributed by atoms with Crippen LogP contribution in [0.15, 0.2) is 47.4 Å². The predicted molar refractivity (Wildman–Crippen MR) is 99.8 cm³/mol. The quantitative estimate of drug-likeness (QED) is 0.579. The summed E-state index contributed by atoms with van der Waals surface area (Å²) in [6.07, 6.45) is 6.48. The molecule has 1 aliphatic rings. The third-order valence-corrected chi connectivity index (χ3v) is 5.56. The molecule has 1 amide bonds. The number of rotatable bonds is 7. The molecule has 1 aromatic rings. The van der Waals surface area contributed by atoms with E-state index in [-0.39, 0.29) is 10.8 Å². The van der Waals surface area contributed by atoms with E-state index in [2.05, 4.69) is 5.32 Å². The molecule has 0 spiro atoms. The maximum absolute atomic E-state index is 12.8. The zero-order valence-electron chi connectivity index (χ0n) is 15.0. The van der Waals surface area contributed by atoms with Crippen molar-refractivity contribution < 1.29 is 22.7 Å². The number of carbonyl (C=O) groups excluding carboxylic acids is 1. The van der Waals surface area contributed by atoms with Crippen molar-refractivity contribution >= 4 is 21.6 Å². The Hall–Kier alpha value is -2.16. The van der Waals surface area contributed by atoms with Crippen LogP contribution in [0, 0.1) is 0 Å². The Kier molecular flexibility index (Phi) is 7.38. The van der Waals surface area contributed by atoms with Crippen LogP contribution in [0.5, 0.6) is 5.75 Å². The Labute approximate surface area is 154 Å². The Morgan fingerprint density at radius 2 is 2.04 bits per heavy atom. The summed E-state index contributed by atoms with van der Waals surface area (Å²) in [5, 5.41) is 2.68. The molecule has 1 fully saturated rings. The minimum Gasteiger partial charge on any atom is -0.492 e. The highest BCUT2D eigenvalue weighted by atomic mass is 32.2. The van der Waals surface area contributed by atoms with Crippen molar-refractivity contribution in [2.24, 2.45) is 0 Å². The van der Waals surface area contributed by atoms with E-state index in [9.17, 15) is 13.2 Å². The van der Waals surface area contributed by atoms with E-state index in [1.807, 2.05) is 13.8 Å². The smallest absolute Gasteiger partial charge is 0.248 e. The summed E-state index contributed by atoms with van der Waals surface area (Å²) in [4.78, 5) is 12.1. The lowest BCUT2D eigenvalue weighted by atomic mass is 10.3. The minimum atomic E-state index is -3.66. The molecule has 0 unspecified atom stereocenters. The lowest BCUT2D eigenvalue weighted by Crippen LogP contribution is -2.40. The number of nitrogens with zero attached hydrogens (tertiary/aromatic N) is 1. The third kappa shape index (κ3) is 5.17. The van der Waals surface area contributed by atoms with Crippen LogP contribution in [0.3, 0.4) is 0 Å². The number of nitrogens with one attached hydrogen (secondary N) is 1. The topological polar surface area (TPSA) is 84.9 Å². The highest BCUT2D eigenvalue weighted by Crippen LogP contribution is 2.29. The average Bonchev–Trinajstić information content (AvgIpc) is 2.64. The molecule has 0 aromatic heterocycles. The van der Waals surface area contributed by atoms with Gasteiger partial charge < -0.3 is 14.8 Å². The Balaban J connectivity index is 2.30. The van der Waals surface area contributed by atoms with Gasteiger partial charge in [-0.2, -0.15) is 4.31 Å². The number of benzene rings is 1. The summed E-state index contributed by atoms with van der Waals surface area (Å²) in [6.45, 7) is 5.41. The predicted octanol–water partition coefficient (Wildman–Crippen LogP) is 2.18. The summed E-state index contributed by atoms with van der Waals surface area (Å²) < 4.78 is 37.7. The molecule has 1 aromatic carbocycles. The van der Waals surface area contributed by atoms with Crippen LogP contribution in [-0.4, -0.2) is 51.5 Å². The summed E-state index contributed by atoms with van der Waals surface area (Å²) in [5.74, 6) is 0.0474. The zero-order chi connectivity index (χ0) is 19.0. The summed E-state index contributed by atoms with van der Waals surface area (Å²) >= 11 is 0. The first kappa shape index (κ1) is 20.2. The summed E-state index contributed by atoms with van der Waals surface area (Å²) in [7, 11) is -3.66. The molecule has 0 radical (unpaired) electrons. The van der Waals surface area contributed by atoms with Crippen LogP contribution in [0.2, 0.25) is 0 Å². The number of hydrogen-bond donors (Lipinski definition) is 1. The Bertz CT molecular complexity index is 781. The second kappa shape index (κ2) is 9.51. The third-order valence-electron chi connectivity index (χ3n) is 3.67. The minimum absolute atomic E-state index is 0.107. The van der Waals surface area contributed by atoms with Gasteiger partial charge in [0.25, 0.3) is 0 Å². The standard InChI is InChI=1S/C18H24N2O5S/c1-3-5-6-7-18(21)19-16-14-15(8-9-17(16)25-4-2)26(22,23)20-10-12-24-13-11-20/h3,5-9,14H,4,10-13H2,1-2H3,(H,19,21)/b5-3+,7-6-. The fourth-order valence-corrected chi connectivity index (χ4v) is 3.85. The van der Waals surface area contributed by atoms with Gasteiger partial charge in [-0.1, -0.05) is 18.2 Å². The lowest BCUT2D eigenvalue weighted by molar-refractivity contribution is -0.111. The monoisotopic (exact) mass is 380 g/mol. The van der Waals surface area contributed by atoms with Gasteiger partial charge in [0, 0.05) is 19.2 Å². The van der Waals surface area contributed by atoms with Crippen molar-refractivity contribution in [3.8, 4) is 5.75 Å². The van der Waals surface area contributed by atoms with Crippen molar-refractivity contribution in [2.45, 2.75) is 18.7 Å². The number of hydrogen-bond acceptors (Lipinski definition) is 5. The van der Waals surface area contributed by atoms with Gasteiger partial charge in [0.05, 0.1) is 30.4 Å². The highest BCUT2D eigenvalue weighted by molar-refractivity contribution is 7.89. The van der Waals surface area contributed by atoms with Gasteiger partial charge in [-0.25, -0.2) is 8.42 Å². The fourth-order valence-electron chi connectivity index (χ4n) is 2.41. The van der Waals surface area contributed by atoms with E-state index in [4.69, 9.17) is 9.47 Å². The summed E-state index contributed by atoms with van der Waals surface area (Å²) in [5.41, 5.74) is 0.316. The van der Waals surface area contributed by atoms with Gasteiger partial charge in [-0.3, -0.25) is 4.79 Å². The number of sulfonamides is 1. The van der Waals surface area contributed by atoms with Crippen molar-refractivity contribution in [1.29, 1.82) is 0 Å². The molecule has 0 atom stereocenters. The molecule has 8 heteroatoms. The molecule has 2 rings (SSSR count). The molecule has 7 nitrogen and oxygen atoms in total. The number of carbonyl (C=O) groups is 1. The molecule has 142 valence electrons. The van der Waals surface area contributed by atoms with Gasteiger partial charge >= 0.3 is 0 Å². The largest absolute Gasteiger partial charge is 0.492 e. The number of allylic oxidation sites excluding steroid dienone is 3. The van der Waals surface area contributed by atoms with E-state index in [0.29, 0.717) is 44.3 Å². The zero-order valence-corrected chi connectivity index (χ0v) is 15.8. The van der Waals surface area contributed by atoms with E-state index in [1.165, 1.54) is 22.5 Å². The van der Waals surface area contributed by atoms with Gasteiger partial charge in [0.2, 0.25) is 15.9 Å². The molecule has 1 heterocycles. The van der Waals surface area contributed by atoms with E-state index >= 15 is 0 Å². The van der Waals surface area contributed by atoms with Crippen LogP contribution < -0.4 is 10.1 Å². The van der Waals surface area contributed by atoms with Gasteiger partial charge in [-0.05, 0) is 32.0 Å². The van der Waals surface area contributed by atoms with Crippen molar-refractivity contribution in [1.82, 2.24) is 4.31 Å². The molecule has 0 bridgehead atoms.